The number of hydrogen-bond donors (Lipinski definition) is 6. The van der Waals surface area contributed by atoms with Crippen LogP contribution in [0.25, 0.3) is 10.8 Å². The monoisotopic (exact) mass is 825 g/mol. The van der Waals surface area contributed by atoms with Crippen molar-refractivity contribution in [2.45, 2.75) is 103 Å². The Kier molecular flexibility index (Phi) is 17.6. The molecule has 1 heterocycles. The maximum Gasteiger partial charge on any atom is 0.469 e. The molecule has 1 aromatic heterocycles. The van der Waals surface area contributed by atoms with Gasteiger partial charge in [0, 0.05) is 24.5 Å². The van der Waals surface area contributed by atoms with Crippen LogP contribution in [0.5, 0.6) is 5.75 Å². The third-order valence-corrected chi connectivity index (χ3v) is 11.5. The Morgan fingerprint density at radius 1 is 0.914 bits per heavy atom. The van der Waals surface area contributed by atoms with Gasteiger partial charge in [-0.05, 0) is 54.2 Å². The van der Waals surface area contributed by atoms with Gasteiger partial charge < -0.3 is 35.6 Å². The molecule has 16 heteroatoms. The molecule has 2 aromatic carbocycles. The Morgan fingerprint density at radius 3 is 2.26 bits per heavy atom. The average Bonchev–Trinajstić information content (AvgIpc) is 3.21. The first-order valence-corrected chi connectivity index (χ1v) is 21.7. The number of fused-ring (bicyclic) bond motifs is 1. The van der Waals surface area contributed by atoms with Gasteiger partial charge in [0.25, 0.3) is 11.8 Å². The van der Waals surface area contributed by atoms with Crippen molar-refractivity contribution in [1.29, 1.82) is 0 Å². The number of nitrogens with one attached hydrogen (secondary N) is 3. The summed E-state index contributed by atoms with van der Waals surface area (Å²) in [7, 11) is -3.45. The van der Waals surface area contributed by atoms with Crippen LogP contribution in [-0.4, -0.2) is 88.0 Å². The second kappa shape index (κ2) is 22.1. The molecule has 6 atom stereocenters. The number of phosphoric acid groups is 1. The fraction of sp³-hybridized carbons (Fsp3) is 0.548. The highest BCUT2D eigenvalue weighted by atomic mass is 31.2. The second-order valence-corrected chi connectivity index (χ2v) is 16.9. The van der Waals surface area contributed by atoms with E-state index in [1.807, 2.05) is 58.0 Å². The quantitative estimate of drug-likeness (QED) is 0.0796. The fourth-order valence-electron chi connectivity index (χ4n) is 7.36. The molecule has 4 rings (SSSR count). The van der Waals surface area contributed by atoms with E-state index in [1.165, 1.54) is 4.90 Å². The third-order valence-electron chi connectivity index (χ3n) is 11.0. The molecular weight excluding hydrogens is 765 g/mol. The van der Waals surface area contributed by atoms with Crippen molar-refractivity contribution in [2.24, 2.45) is 23.7 Å². The molecule has 0 saturated heterocycles. The van der Waals surface area contributed by atoms with Gasteiger partial charge in [0.15, 0.2) is 6.61 Å². The number of nitrogens with zero attached hydrogens (tertiary/aromatic N) is 2. The lowest BCUT2D eigenvalue weighted by molar-refractivity contribution is -0.133. The minimum Gasteiger partial charge on any atom is -0.483 e. The first-order valence-electron chi connectivity index (χ1n) is 20.1. The number of amides is 4. The van der Waals surface area contributed by atoms with Crippen molar-refractivity contribution in [3.8, 4) is 5.75 Å². The number of benzene rings is 2. The van der Waals surface area contributed by atoms with Crippen LogP contribution in [0.4, 0.5) is 5.82 Å². The van der Waals surface area contributed by atoms with Gasteiger partial charge >= 0.3 is 7.82 Å². The van der Waals surface area contributed by atoms with E-state index in [1.54, 1.807) is 43.6 Å². The van der Waals surface area contributed by atoms with Gasteiger partial charge in [0.1, 0.15) is 23.7 Å². The number of phosphoric ester groups is 1. The molecule has 1 aliphatic carbocycles. The molecular formula is C42H60N5O10P. The van der Waals surface area contributed by atoms with Gasteiger partial charge in [-0.3, -0.25) is 28.6 Å². The van der Waals surface area contributed by atoms with E-state index >= 15 is 0 Å². The molecule has 1 fully saturated rings. The number of anilines is 1. The minimum absolute atomic E-state index is 0.0620. The van der Waals surface area contributed by atoms with Crippen molar-refractivity contribution in [3.63, 3.8) is 0 Å². The summed E-state index contributed by atoms with van der Waals surface area (Å²) in [6.45, 7) is 6.13. The zero-order valence-corrected chi connectivity index (χ0v) is 35.0. The van der Waals surface area contributed by atoms with Crippen LogP contribution in [0, 0.1) is 23.7 Å². The smallest absolute Gasteiger partial charge is 0.469 e. The second-order valence-electron chi connectivity index (χ2n) is 15.6. The zero-order valence-electron chi connectivity index (χ0n) is 34.1. The van der Waals surface area contributed by atoms with E-state index in [0.29, 0.717) is 24.4 Å². The molecule has 0 unspecified atom stereocenters. The molecule has 6 N–H and O–H groups in total. The molecule has 1 aliphatic rings. The summed E-state index contributed by atoms with van der Waals surface area (Å²) in [6, 6.07) is 14.7. The van der Waals surface area contributed by atoms with Crippen molar-refractivity contribution >= 4 is 48.0 Å². The lowest BCUT2D eigenvalue weighted by atomic mass is 9.81. The summed E-state index contributed by atoms with van der Waals surface area (Å²) in [4.78, 5) is 79.5. The summed E-state index contributed by atoms with van der Waals surface area (Å²) in [5.41, 5.74) is 0. The van der Waals surface area contributed by atoms with Crippen LogP contribution in [0.15, 0.2) is 66.9 Å². The third kappa shape index (κ3) is 13.9. The highest BCUT2D eigenvalue weighted by Crippen LogP contribution is 2.36. The maximum absolute atomic E-state index is 14.0. The maximum atomic E-state index is 14.0. The number of aliphatic hydroxyl groups excluding tert-OH is 1. The topological polar surface area (TPSA) is 217 Å². The van der Waals surface area contributed by atoms with Gasteiger partial charge in [0.05, 0.1) is 18.8 Å². The van der Waals surface area contributed by atoms with Crippen molar-refractivity contribution in [2.75, 3.05) is 25.2 Å². The number of rotatable bonds is 21. The fourth-order valence-corrected chi connectivity index (χ4v) is 7.70. The van der Waals surface area contributed by atoms with E-state index in [-0.39, 0.29) is 30.1 Å². The summed E-state index contributed by atoms with van der Waals surface area (Å²) in [5.74, 6) is -2.57. The summed E-state index contributed by atoms with van der Waals surface area (Å²) in [6.07, 6.45) is 6.06. The van der Waals surface area contributed by atoms with Crippen molar-refractivity contribution in [3.05, 3.63) is 66.9 Å². The predicted octanol–water partition coefficient (Wildman–Crippen LogP) is 4.88. The Labute approximate surface area is 340 Å². The summed E-state index contributed by atoms with van der Waals surface area (Å²) in [5, 5.41) is 21.8. The molecule has 0 radical (unpaired) electrons. The zero-order chi connectivity index (χ0) is 42.4. The lowest BCUT2D eigenvalue weighted by Gasteiger charge is -2.34. The van der Waals surface area contributed by atoms with Gasteiger partial charge in [-0.2, -0.15) is 0 Å². The van der Waals surface area contributed by atoms with Crippen LogP contribution < -0.4 is 25.6 Å². The molecule has 3 aromatic rings. The SMILES string of the molecule is CC[C@H](C)[C@H](NC(=O)[C@@H](C[C@H](O)[C@H](CC1CCCCC1)NC(=O)[C@H](COP(=O)(O)O)NC(=O)COc1cccc2ccccc12)C(C)C)C(=O)N(C)c1ccccn1. The molecule has 58 heavy (non-hydrogen) atoms. The van der Waals surface area contributed by atoms with E-state index in [0.717, 1.165) is 42.9 Å². The van der Waals surface area contributed by atoms with Crippen molar-refractivity contribution in [1.82, 2.24) is 20.9 Å². The minimum atomic E-state index is -5.06. The molecule has 4 amide bonds. The predicted molar refractivity (Wildman–Crippen MR) is 220 cm³/mol. The number of hydrogen-bond acceptors (Lipinski definition) is 9. The largest absolute Gasteiger partial charge is 0.483 e. The number of aliphatic hydroxyl groups is 1. The van der Waals surface area contributed by atoms with E-state index in [4.69, 9.17) is 4.74 Å². The number of ether oxygens (including phenoxy) is 1. The first-order chi connectivity index (χ1) is 27.6. The number of pyridine rings is 1. The highest BCUT2D eigenvalue weighted by molar-refractivity contribution is 7.46. The Morgan fingerprint density at radius 2 is 1.60 bits per heavy atom. The Hall–Kier alpha value is -4.40. The van der Waals surface area contributed by atoms with Gasteiger partial charge in [0.2, 0.25) is 11.8 Å². The number of aromatic nitrogens is 1. The van der Waals surface area contributed by atoms with E-state index in [2.05, 4.69) is 25.5 Å². The number of carbonyl (C=O) groups is 4. The molecule has 1 saturated carbocycles. The van der Waals surface area contributed by atoms with Gasteiger partial charge in [-0.1, -0.05) is 109 Å². The molecule has 15 nitrogen and oxygen atoms in total. The standard InChI is InChI=1S/C42H60N5O10P/c1-6-28(4)39(42(52)47(5)37-21-12-13-22-43-37)46-40(50)32(27(2)3)24-35(48)33(23-29-15-8-7-9-16-29)45-41(51)34(25-57-58(53,54)55)44-38(49)26-56-36-20-14-18-30-17-10-11-19-31(30)36/h10-14,17-22,27-29,32-35,39,48H,6-9,15-16,23-26H2,1-5H3,(H,44,49)(H,45,51)(H,46,50)(H2,53,54,55)/t28-,32-,33-,34-,35-,39-/m0/s1. The van der Waals surface area contributed by atoms with Crippen LogP contribution in [0.3, 0.4) is 0 Å². The van der Waals surface area contributed by atoms with Gasteiger partial charge in [-0.25, -0.2) is 9.55 Å². The highest BCUT2D eigenvalue weighted by Gasteiger charge is 2.37. The molecule has 0 spiro atoms. The summed E-state index contributed by atoms with van der Waals surface area (Å²) < 4.78 is 22.2. The van der Waals surface area contributed by atoms with Crippen LogP contribution in [-0.2, 0) is 28.3 Å². The van der Waals surface area contributed by atoms with Crippen LogP contribution in [0.2, 0.25) is 0 Å². The van der Waals surface area contributed by atoms with Crippen molar-refractivity contribution < 1.29 is 47.9 Å². The number of likely N-dealkylation sites (N-methyl/N-ethyl adjacent to an activating group) is 1. The lowest BCUT2D eigenvalue weighted by Crippen LogP contribution is -2.56. The van der Waals surface area contributed by atoms with Gasteiger partial charge in [-0.15, -0.1) is 0 Å². The normalized spacial score (nSPS) is 16.7. The van der Waals surface area contributed by atoms with Crippen LogP contribution in [0.1, 0.15) is 79.1 Å². The Balaban J connectivity index is 1.51. The van der Waals surface area contributed by atoms with E-state index in [9.17, 15) is 38.6 Å². The average molecular weight is 826 g/mol. The first kappa shape index (κ1) is 46.3. The summed E-state index contributed by atoms with van der Waals surface area (Å²) >= 11 is 0. The molecule has 318 valence electrons. The number of carbonyl (C=O) groups excluding carboxylic acids is 4. The molecule has 0 aliphatic heterocycles. The van der Waals surface area contributed by atoms with E-state index < -0.39 is 68.9 Å². The molecule has 0 bridgehead atoms. The van der Waals surface area contributed by atoms with Crippen LogP contribution >= 0.6 is 7.82 Å². The Bertz CT molecular complexity index is 1850.